The summed E-state index contributed by atoms with van der Waals surface area (Å²) < 4.78 is 19.2. The Labute approximate surface area is 126 Å². The molecule has 0 unspecified atom stereocenters. The van der Waals surface area contributed by atoms with Crippen molar-refractivity contribution in [2.45, 2.75) is 6.10 Å². The lowest BCUT2D eigenvalue weighted by molar-refractivity contribution is 0.0155. The topological polar surface area (TPSA) is 66.2 Å². The van der Waals surface area contributed by atoms with Gasteiger partial charge in [0.15, 0.2) is 0 Å². The van der Waals surface area contributed by atoms with Crippen LogP contribution in [-0.2, 0) is 0 Å². The van der Waals surface area contributed by atoms with E-state index in [9.17, 15) is 9.18 Å². The predicted molar refractivity (Wildman–Crippen MR) is 75.7 cm³/mol. The van der Waals surface area contributed by atoms with E-state index >= 15 is 0 Å². The third kappa shape index (κ3) is 2.61. The van der Waals surface area contributed by atoms with E-state index in [2.05, 4.69) is 4.98 Å². The lowest BCUT2D eigenvalue weighted by Gasteiger charge is -2.38. The summed E-state index contributed by atoms with van der Waals surface area (Å²) in [6.45, 7) is 0.684. The molecule has 3 rings (SSSR count). The fourth-order valence-corrected chi connectivity index (χ4v) is 2.21. The van der Waals surface area contributed by atoms with Gasteiger partial charge in [0, 0.05) is 6.20 Å². The number of likely N-dealkylation sites (tertiary alicyclic amines) is 1. The Morgan fingerprint density at radius 1 is 1.32 bits per heavy atom. The standard InChI is InChI=1S/C16H12FN3O2/c17-14-6-2-1-5-13(14)16(21)20-9-12(10-20)22-15-11(8-18)4-3-7-19-15/h1-7,12H,9-10H2. The van der Waals surface area contributed by atoms with Crippen molar-refractivity contribution in [1.82, 2.24) is 9.88 Å². The number of halogens is 1. The van der Waals surface area contributed by atoms with Crippen LogP contribution in [0.4, 0.5) is 4.39 Å². The number of amides is 1. The molecule has 2 heterocycles. The molecule has 1 aliphatic rings. The Kier molecular flexibility index (Phi) is 3.71. The van der Waals surface area contributed by atoms with Crippen LogP contribution in [0, 0.1) is 17.1 Å². The molecule has 5 nitrogen and oxygen atoms in total. The molecule has 1 fully saturated rings. The molecule has 0 radical (unpaired) electrons. The Morgan fingerprint density at radius 2 is 2.09 bits per heavy atom. The Balaban J connectivity index is 1.62. The minimum atomic E-state index is -0.534. The van der Waals surface area contributed by atoms with Gasteiger partial charge in [-0.1, -0.05) is 12.1 Å². The largest absolute Gasteiger partial charge is 0.470 e. The number of carbonyl (C=O) groups is 1. The molecule has 2 aromatic rings. The highest BCUT2D eigenvalue weighted by Gasteiger charge is 2.34. The van der Waals surface area contributed by atoms with Crippen LogP contribution in [-0.4, -0.2) is 35.0 Å². The first-order valence-electron chi connectivity index (χ1n) is 6.74. The Morgan fingerprint density at radius 3 is 2.82 bits per heavy atom. The first kappa shape index (κ1) is 14.0. The third-order valence-electron chi connectivity index (χ3n) is 3.41. The van der Waals surface area contributed by atoms with Crippen molar-refractivity contribution >= 4 is 5.91 Å². The molecule has 1 aliphatic heterocycles. The van der Waals surface area contributed by atoms with Crippen molar-refractivity contribution in [3.8, 4) is 11.9 Å². The molecule has 0 saturated carbocycles. The molecule has 6 heteroatoms. The van der Waals surface area contributed by atoms with Crippen molar-refractivity contribution < 1.29 is 13.9 Å². The molecule has 110 valence electrons. The number of pyridine rings is 1. The van der Waals surface area contributed by atoms with Crippen LogP contribution in [0.2, 0.25) is 0 Å². The van der Waals surface area contributed by atoms with Gasteiger partial charge >= 0.3 is 0 Å². The van der Waals surface area contributed by atoms with E-state index < -0.39 is 5.82 Å². The molecular formula is C16H12FN3O2. The van der Waals surface area contributed by atoms with Crippen molar-refractivity contribution in [2.75, 3.05) is 13.1 Å². The summed E-state index contributed by atoms with van der Waals surface area (Å²) in [6.07, 6.45) is 1.30. The first-order chi connectivity index (χ1) is 10.7. The molecule has 0 atom stereocenters. The predicted octanol–water partition coefficient (Wildman–Crippen LogP) is 2.00. The quantitative estimate of drug-likeness (QED) is 0.869. The maximum atomic E-state index is 13.6. The van der Waals surface area contributed by atoms with Crippen molar-refractivity contribution in [2.24, 2.45) is 0 Å². The summed E-state index contributed by atoms with van der Waals surface area (Å²) >= 11 is 0. The van der Waals surface area contributed by atoms with Crippen LogP contribution in [0.25, 0.3) is 0 Å². The van der Waals surface area contributed by atoms with E-state index in [1.165, 1.54) is 23.2 Å². The van der Waals surface area contributed by atoms with Crippen molar-refractivity contribution in [1.29, 1.82) is 5.26 Å². The molecule has 0 bridgehead atoms. The summed E-state index contributed by atoms with van der Waals surface area (Å²) in [5, 5.41) is 8.97. The van der Waals surface area contributed by atoms with Gasteiger partial charge < -0.3 is 9.64 Å². The van der Waals surface area contributed by atoms with E-state index in [0.717, 1.165) is 0 Å². The number of aromatic nitrogens is 1. The number of nitrogens with zero attached hydrogens (tertiary/aromatic N) is 3. The minimum absolute atomic E-state index is 0.0523. The van der Waals surface area contributed by atoms with Crippen molar-refractivity contribution in [3.63, 3.8) is 0 Å². The zero-order valence-corrected chi connectivity index (χ0v) is 11.6. The fraction of sp³-hybridized carbons (Fsp3) is 0.188. The molecular weight excluding hydrogens is 285 g/mol. The van der Waals surface area contributed by atoms with E-state index in [-0.39, 0.29) is 23.5 Å². The average molecular weight is 297 g/mol. The molecule has 1 saturated heterocycles. The number of rotatable bonds is 3. The highest BCUT2D eigenvalue weighted by atomic mass is 19.1. The van der Waals surface area contributed by atoms with Gasteiger partial charge in [-0.15, -0.1) is 0 Å². The lowest BCUT2D eigenvalue weighted by Crippen LogP contribution is -2.56. The van der Waals surface area contributed by atoms with Gasteiger partial charge in [0.2, 0.25) is 5.88 Å². The molecule has 1 amide bonds. The number of carbonyl (C=O) groups excluding carboxylic acids is 1. The number of hydrogen-bond donors (Lipinski definition) is 0. The summed E-state index contributed by atoms with van der Waals surface area (Å²) in [5.74, 6) is -0.638. The summed E-state index contributed by atoms with van der Waals surface area (Å²) in [5.41, 5.74) is 0.401. The van der Waals surface area contributed by atoms with Gasteiger partial charge in [0.25, 0.3) is 5.91 Å². The Bertz CT molecular complexity index is 751. The van der Waals surface area contributed by atoms with Gasteiger partial charge in [-0.2, -0.15) is 5.26 Å². The Hall–Kier alpha value is -2.94. The molecule has 0 aliphatic carbocycles. The minimum Gasteiger partial charge on any atom is -0.470 e. The highest BCUT2D eigenvalue weighted by molar-refractivity contribution is 5.95. The summed E-state index contributed by atoms with van der Waals surface area (Å²) in [7, 11) is 0. The summed E-state index contributed by atoms with van der Waals surface area (Å²) in [4.78, 5) is 17.6. The second kappa shape index (κ2) is 5.82. The number of ether oxygens (including phenoxy) is 1. The monoisotopic (exact) mass is 297 g/mol. The normalized spacial score (nSPS) is 14.1. The van der Waals surface area contributed by atoms with Crippen LogP contribution >= 0.6 is 0 Å². The van der Waals surface area contributed by atoms with E-state index in [0.29, 0.717) is 18.7 Å². The second-order valence-corrected chi connectivity index (χ2v) is 4.90. The second-order valence-electron chi connectivity index (χ2n) is 4.90. The maximum absolute atomic E-state index is 13.6. The van der Waals surface area contributed by atoms with Crippen LogP contribution in [0.15, 0.2) is 42.6 Å². The van der Waals surface area contributed by atoms with E-state index in [1.807, 2.05) is 6.07 Å². The molecule has 22 heavy (non-hydrogen) atoms. The number of hydrogen-bond acceptors (Lipinski definition) is 4. The van der Waals surface area contributed by atoms with Gasteiger partial charge in [-0.05, 0) is 24.3 Å². The van der Waals surface area contributed by atoms with E-state index in [1.54, 1.807) is 24.3 Å². The SMILES string of the molecule is N#Cc1cccnc1OC1CN(C(=O)c2ccccc2F)C1. The zero-order chi connectivity index (χ0) is 15.5. The van der Waals surface area contributed by atoms with Crippen LogP contribution in [0.1, 0.15) is 15.9 Å². The average Bonchev–Trinajstić information content (AvgIpc) is 2.50. The van der Waals surface area contributed by atoms with Crippen LogP contribution < -0.4 is 4.74 Å². The van der Waals surface area contributed by atoms with Crippen molar-refractivity contribution in [3.05, 3.63) is 59.5 Å². The van der Waals surface area contributed by atoms with Crippen LogP contribution in [0.5, 0.6) is 5.88 Å². The maximum Gasteiger partial charge on any atom is 0.257 e. The summed E-state index contributed by atoms with van der Waals surface area (Å²) in [6, 6.07) is 11.1. The highest BCUT2D eigenvalue weighted by Crippen LogP contribution is 2.21. The molecule has 1 aromatic carbocycles. The molecule has 0 N–H and O–H groups in total. The van der Waals surface area contributed by atoms with Gasteiger partial charge in [0.05, 0.1) is 18.7 Å². The van der Waals surface area contributed by atoms with E-state index in [4.69, 9.17) is 10.00 Å². The number of nitriles is 1. The third-order valence-corrected chi connectivity index (χ3v) is 3.41. The smallest absolute Gasteiger partial charge is 0.257 e. The molecule has 0 spiro atoms. The lowest BCUT2D eigenvalue weighted by atomic mass is 10.1. The first-order valence-corrected chi connectivity index (χ1v) is 6.74. The van der Waals surface area contributed by atoms with Crippen LogP contribution in [0.3, 0.4) is 0 Å². The fourth-order valence-electron chi connectivity index (χ4n) is 2.21. The van der Waals surface area contributed by atoms with Gasteiger partial charge in [-0.3, -0.25) is 4.79 Å². The number of benzene rings is 1. The van der Waals surface area contributed by atoms with Gasteiger partial charge in [-0.25, -0.2) is 9.37 Å². The molecule has 1 aromatic heterocycles. The zero-order valence-electron chi connectivity index (χ0n) is 11.6. The van der Waals surface area contributed by atoms with Gasteiger partial charge in [0.1, 0.15) is 23.6 Å².